The van der Waals surface area contributed by atoms with Gasteiger partial charge in [0.2, 0.25) is 5.95 Å². The molecule has 0 aliphatic carbocycles. The van der Waals surface area contributed by atoms with Crippen LogP contribution < -0.4 is 4.90 Å². The summed E-state index contributed by atoms with van der Waals surface area (Å²) in [5.74, 6) is 0.610. The first-order valence-electron chi connectivity index (χ1n) is 4.14. The normalized spacial score (nSPS) is 9.38. The Bertz CT molecular complexity index is 340. The van der Waals surface area contributed by atoms with Gasteiger partial charge in [-0.3, -0.25) is 0 Å². The number of nitrogens with zero attached hydrogens (tertiary/aromatic N) is 4. The van der Waals surface area contributed by atoms with E-state index in [4.69, 9.17) is 5.26 Å². The number of aryl methyl sites for hydroxylation is 1. The molecule has 0 amide bonds. The molecule has 68 valence electrons. The molecule has 1 aromatic rings. The Morgan fingerprint density at radius 2 is 2.23 bits per heavy atom. The summed E-state index contributed by atoms with van der Waals surface area (Å²) >= 11 is 0. The average Bonchev–Trinajstić information content (AvgIpc) is 2.15. The predicted molar refractivity (Wildman–Crippen MR) is 50.4 cm³/mol. The van der Waals surface area contributed by atoms with E-state index in [2.05, 4.69) is 9.97 Å². The quantitative estimate of drug-likeness (QED) is 0.677. The van der Waals surface area contributed by atoms with Gasteiger partial charge in [0, 0.05) is 19.3 Å². The van der Waals surface area contributed by atoms with E-state index in [1.54, 1.807) is 6.07 Å². The molecule has 0 radical (unpaired) electrons. The Kier molecular flexibility index (Phi) is 2.80. The van der Waals surface area contributed by atoms with Crippen molar-refractivity contribution >= 4 is 5.95 Å². The third-order valence-corrected chi connectivity index (χ3v) is 1.77. The number of rotatable bonds is 2. The zero-order valence-electron chi connectivity index (χ0n) is 8.07. The summed E-state index contributed by atoms with van der Waals surface area (Å²) in [7, 11) is 1.90. The summed E-state index contributed by atoms with van der Waals surface area (Å²) < 4.78 is 0. The van der Waals surface area contributed by atoms with Gasteiger partial charge >= 0.3 is 0 Å². The van der Waals surface area contributed by atoms with Crippen molar-refractivity contribution in [2.45, 2.75) is 13.8 Å². The largest absolute Gasteiger partial charge is 0.344 e. The number of nitriles is 1. The van der Waals surface area contributed by atoms with Crippen LogP contribution in [-0.2, 0) is 0 Å². The highest BCUT2D eigenvalue weighted by molar-refractivity contribution is 5.34. The molecule has 0 atom stereocenters. The van der Waals surface area contributed by atoms with Gasteiger partial charge in [-0.1, -0.05) is 0 Å². The summed E-state index contributed by atoms with van der Waals surface area (Å²) in [5.41, 5.74) is 1.24. The van der Waals surface area contributed by atoms with Crippen molar-refractivity contribution in [3.8, 4) is 6.07 Å². The lowest BCUT2D eigenvalue weighted by atomic mass is 10.3. The first-order chi connectivity index (χ1) is 6.17. The fourth-order valence-corrected chi connectivity index (χ4v) is 0.922. The second kappa shape index (κ2) is 3.85. The van der Waals surface area contributed by atoms with Crippen LogP contribution in [0.25, 0.3) is 0 Å². The molecular formula is C9H12N4. The Hall–Kier alpha value is -1.63. The van der Waals surface area contributed by atoms with Gasteiger partial charge in [0.1, 0.15) is 11.8 Å². The van der Waals surface area contributed by atoms with Crippen LogP contribution in [0.15, 0.2) is 6.07 Å². The van der Waals surface area contributed by atoms with Gasteiger partial charge < -0.3 is 4.90 Å². The van der Waals surface area contributed by atoms with Crippen molar-refractivity contribution < 1.29 is 0 Å². The summed E-state index contributed by atoms with van der Waals surface area (Å²) in [5, 5.41) is 8.68. The molecule has 0 saturated heterocycles. The molecule has 0 N–H and O–H groups in total. The summed E-state index contributed by atoms with van der Waals surface area (Å²) in [6.45, 7) is 4.70. The van der Waals surface area contributed by atoms with Crippen molar-refractivity contribution in [1.82, 2.24) is 9.97 Å². The van der Waals surface area contributed by atoms with Crippen LogP contribution in [0.4, 0.5) is 5.95 Å². The van der Waals surface area contributed by atoms with Gasteiger partial charge in [0.05, 0.1) is 0 Å². The first kappa shape index (κ1) is 9.46. The Labute approximate surface area is 77.8 Å². The molecule has 1 rings (SSSR count). The van der Waals surface area contributed by atoms with Gasteiger partial charge in [-0.15, -0.1) is 0 Å². The van der Waals surface area contributed by atoms with E-state index in [9.17, 15) is 0 Å². The number of anilines is 1. The zero-order chi connectivity index (χ0) is 9.84. The van der Waals surface area contributed by atoms with E-state index in [0.29, 0.717) is 11.6 Å². The van der Waals surface area contributed by atoms with E-state index in [0.717, 1.165) is 12.2 Å². The van der Waals surface area contributed by atoms with Gasteiger partial charge in [0.25, 0.3) is 0 Å². The molecule has 4 heteroatoms. The van der Waals surface area contributed by atoms with E-state index in [1.165, 1.54) is 0 Å². The van der Waals surface area contributed by atoms with Gasteiger partial charge in [0.15, 0.2) is 0 Å². The molecule has 0 fully saturated rings. The molecule has 4 nitrogen and oxygen atoms in total. The highest BCUT2D eigenvalue weighted by Gasteiger charge is 2.04. The lowest BCUT2D eigenvalue weighted by Crippen LogP contribution is -2.19. The molecule has 13 heavy (non-hydrogen) atoms. The van der Waals surface area contributed by atoms with Crippen molar-refractivity contribution in [1.29, 1.82) is 5.26 Å². The van der Waals surface area contributed by atoms with E-state index in [1.807, 2.05) is 31.9 Å². The smallest absolute Gasteiger partial charge is 0.226 e. The maximum absolute atomic E-state index is 8.68. The minimum Gasteiger partial charge on any atom is -0.344 e. The SMILES string of the molecule is CCN(C)c1nc(C)cc(C#N)n1. The maximum Gasteiger partial charge on any atom is 0.226 e. The minimum absolute atomic E-state index is 0.419. The highest BCUT2D eigenvalue weighted by Crippen LogP contribution is 2.07. The Morgan fingerprint density at radius 1 is 1.54 bits per heavy atom. The van der Waals surface area contributed by atoms with Crippen molar-refractivity contribution in [2.24, 2.45) is 0 Å². The molecule has 0 saturated carbocycles. The minimum atomic E-state index is 0.419. The fourth-order valence-electron chi connectivity index (χ4n) is 0.922. The van der Waals surface area contributed by atoms with Crippen LogP contribution in [-0.4, -0.2) is 23.6 Å². The number of hydrogen-bond donors (Lipinski definition) is 0. The molecule has 1 heterocycles. The lowest BCUT2D eigenvalue weighted by molar-refractivity contribution is 0.888. The topological polar surface area (TPSA) is 52.8 Å². The van der Waals surface area contributed by atoms with E-state index in [-0.39, 0.29) is 0 Å². The van der Waals surface area contributed by atoms with Crippen LogP contribution in [0.1, 0.15) is 18.3 Å². The fraction of sp³-hybridized carbons (Fsp3) is 0.444. The van der Waals surface area contributed by atoms with Gasteiger partial charge in [-0.25, -0.2) is 9.97 Å². The first-order valence-corrected chi connectivity index (χ1v) is 4.14. The summed E-state index contributed by atoms with van der Waals surface area (Å²) in [6.07, 6.45) is 0. The summed E-state index contributed by atoms with van der Waals surface area (Å²) in [6, 6.07) is 3.68. The second-order valence-electron chi connectivity index (χ2n) is 2.82. The lowest BCUT2D eigenvalue weighted by Gasteiger charge is -2.14. The highest BCUT2D eigenvalue weighted by atomic mass is 15.2. The van der Waals surface area contributed by atoms with Gasteiger partial charge in [-0.2, -0.15) is 5.26 Å². The summed E-state index contributed by atoms with van der Waals surface area (Å²) in [4.78, 5) is 10.2. The molecule has 0 aromatic carbocycles. The average molecular weight is 176 g/mol. The molecule has 0 spiro atoms. The molecule has 0 aliphatic rings. The zero-order valence-corrected chi connectivity index (χ0v) is 8.07. The molecule has 1 aromatic heterocycles. The van der Waals surface area contributed by atoms with Crippen LogP contribution in [0.2, 0.25) is 0 Å². The van der Waals surface area contributed by atoms with E-state index < -0.39 is 0 Å². The van der Waals surface area contributed by atoms with Crippen molar-refractivity contribution in [3.63, 3.8) is 0 Å². The van der Waals surface area contributed by atoms with Crippen LogP contribution >= 0.6 is 0 Å². The number of aromatic nitrogens is 2. The predicted octanol–water partition coefficient (Wildman–Crippen LogP) is 1.11. The Balaban J connectivity index is 3.10. The van der Waals surface area contributed by atoms with Crippen LogP contribution in [0.3, 0.4) is 0 Å². The third kappa shape index (κ3) is 2.15. The number of hydrogen-bond acceptors (Lipinski definition) is 4. The maximum atomic E-state index is 8.68. The Morgan fingerprint density at radius 3 is 2.77 bits per heavy atom. The standard InChI is InChI=1S/C9H12N4/c1-4-13(3)9-11-7(2)5-8(6-10)12-9/h5H,4H2,1-3H3. The molecule has 0 aliphatic heterocycles. The van der Waals surface area contributed by atoms with Crippen molar-refractivity contribution in [2.75, 3.05) is 18.5 Å². The second-order valence-corrected chi connectivity index (χ2v) is 2.82. The van der Waals surface area contributed by atoms with Crippen LogP contribution in [0.5, 0.6) is 0 Å². The van der Waals surface area contributed by atoms with Crippen molar-refractivity contribution in [3.05, 3.63) is 17.5 Å². The van der Waals surface area contributed by atoms with Gasteiger partial charge in [-0.05, 0) is 19.9 Å². The third-order valence-electron chi connectivity index (χ3n) is 1.77. The molecule has 0 unspecified atom stereocenters. The van der Waals surface area contributed by atoms with E-state index >= 15 is 0 Å². The monoisotopic (exact) mass is 176 g/mol. The van der Waals surface area contributed by atoms with Crippen LogP contribution in [0, 0.1) is 18.3 Å². The molecular weight excluding hydrogens is 164 g/mol. The molecule has 0 bridgehead atoms.